The number of unbranched alkanes of at least 4 members (excludes halogenated alkanes) is 1. The number of benzene rings is 1. The molecule has 1 heterocycles. The van der Waals surface area contributed by atoms with Crippen LogP contribution in [-0.2, 0) is 14.4 Å². The Morgan fingerprint density at radius 1 is 1.10 bits per heavy atom. The number of carboxylic acid groups (broad SMARTS) is 2. The third-order valence-electron chi connectivity index (χ3n) is 4.66. The van der Waals surface area contributed by atoms with Gasteiger partial charge in [0.25, 0.3) is 0 Å². The Hall–Kier alpha value is -2.67. The van der Waals surface area contributed by atoms with Gasteiger partial charge in [-0.3, -0.25) is 9.69 Å². The van der Waals surface area contributed by atoms with Crippen LogP contribution in [0.2, 0.25) is 0 Å². The maximum absolute atomic E-state index is 12.1. The van der Waals surface area contributed by atoms with Crippen LogP contribution in [0.25, 0.3) is 6.08 Å². The quantitative estimate of drug-likeness (QED) is 0.476. The highest BCUT2D eigenvalue weighted by Crippen LogP contribution is 2.19. The van der Waals surface area contributed by atoms with E-state index < -0.39 is 11.9 Å². The summed E-state index contributed by atoms with van der Waals surface area (Å²) in [4.78, 5) is 32.8. The summed E-state index contributed by atoms with van der Waals surface area (Å²) in [5.41, 5.74) is 2.64. The van der Waals surface area contributed by atoms with Crippen LogP contribution < -0.4 is 5.32 Å². The maximum Gasteiger partial charge on any atom is 0.414 e. The van der Waals surface area contributed by atoms with Crippen molar-refractivity contribution in [1.29, 1.82) is 0 Å². The van der Waals surface area contributed by atoms with Crippen molar-refractivity contribution in [3.63, 3.8) is 0 Å². The zero-order valence-corrected chi connectivity index (χ0v) is 17.3. The summed E-state index contributed by atoms with van der Waals surface area (Å²) < 4.78 is 0. The molecular formula is C22H32N2O5. The number of nitrogens with one attached hydrogen (secondary N) is 1. The standard InChI is InChI=1S/C20H30N2O.C2H2O4/c1-3-4-12-21-20(23)19-10-13-22(14-11-19)16-17(2)15-18-8-6-5-7-9-18;3-1(4)2(5)6/h5-9,15,19H,3-4,10-14,16H2,1-2H3,(H,21,23);(H,3,4)(H,5,6)/b17-15+;. The number of amides is 1. The number of hydrogen-bond acceptors (Lipinski definition) is 4. The molecule has 3 N–H and O–H groups in total. The Morgan fingerprint density at radius 2 is 1.69 bits per heavy atom. The van der Waals surface area contributed by atoms with Gasteiger partial charge in [-0.2, -0.15) is 0 Å². The monoisotopic (exact) mass is 404 g/mol. The summed E-state index contributed by atoms with van der Waals surface area (Å²) in [6.07, 6.45) is 6.43. The van der Waals surface area contributed by atoms with Gasteiger partial charge in [0.2, 0.25) is 5.91 Å². The van der Waals surface area contributed by atoms with Crippen LogP contribution in [0.3, 0.4) is 0 Å². The van der Waals surface area contributed by atoms with Crippen molar-refractivity contribution in [3.8, 4) is 0 Å². The number of carbonyl (C=O) groups is 3. The maximum atomic E-state index is 12.1. The summed E-state index contributed by atoms with van der Waals surface area (Å²) in [6, 6.07) is 10.5. The number of nitrogens with zero attached hydrogens (tertiary/aromatic N) is 1. The van der Waals surface area contributed by atoms with Crippen LogP contribution in [0.5, 0.6) is 0 Å². The third-order valence-corrected chi connectivity index (χ3v) is 4.66. The molecule has 29 heavy (non-hydrogen) atoms. The molecule has 1 aromatic rings. The van der Waals surface area contributed by atoms with E-state index in [4.69, 9.17) is 19.8 Å². The molecule has 7 heteroatoms. The van der Waals surface area contributed by atoms with Gasteiger partial charge in [0.15, 0.2) is 0 Å². The highest BCUT2D eigenvalue weighted by molar-refractivity contribution is 6.27. The van der Waals surface area contributed by atoms with Crippen molar-refractivity contribution in [3.05, 3.63) is 41.5 Å². The Balaban J connectivity index is 0.000000612. The molecule has 1 amide bonds. The average molecular weight is 405 g/mol. The van der Waals surface area contributed by atoms with Crippen LogP contribution in [-0.4, -0.2) is 59.1 Å². The van der Waals surface area contributed by atoms with Crippen molar-refractivity contribution in [2.24, 2.45) is 5.92 Å². The van der Waals surface area contributed by atoms with E-state index in [9.17, 15) is 4.79 Å². The number of carboxylic acids is 2. The van der Waals surface area contributed by atoms with Gasteiger partial charge in [-0.1, -0.05) is 55.3 Å². The number of carbonyl (C=O) groups excluding carboxylic acids is 1. The predicted octanol–water partition coefficient (Wildman–Crippen LogP) is 2.87. The van der Waals surface area contributed by atoms with Crippen LogP contribution in [0.1, 0.15) is 45.1 Å². The van der Waals surface area contributed by atoms with E-state index in [2.05, 4.69) is 54.4 Å². The molecule has 1 aliphatic rings. The van der Waals surface area contributed by atoms with Gasteiger partial charge in [-0.15, -0.1) is 0 Å². The van der Waals surface area contributed by atoms with Crippen LogP contribution >= 0.6 is 0 Å². The SMILES string of the molecule is CCCCNC(=O)C1CCN(C/C(C)=C/c2ccccc2)CC1.O=C(O)C(=O)O. The molecule has 0 aliphatic carbocycles. The fourth-order valence-corrected chi connectivity index (χ4v) is 3.12. The third kappa shape index (κ3) is 10.4. The molecular weight excluding hydrogens is 372 g/mol. The fraction of sp³-hybridized carbons (Fsp3) is 0.500. The van der Waals surface area contributed by atoms with E-state index in [-0.39, 0.29) is 11.8 Å². The van der Waals surface area contributed by atoms with Crippen molar-refractivity contribution in [1.82, 2.24) is 10.2 Å². The molecule has 1 aliphatic heterocycles. The summed E-state index contributed by atoms with van der Waals surface area (Å²) >= 11 is 0. The normalized spacial score (nSPS) is 15.2. The molecule has 0 bridgehead atoms. The molecule has 0 unspecified atom stereocenters. The summed E-state index contributed by atoms with van der Waals surface area (Å²) in [5.74, 6) is -3.18. The minimum Gasteiger partial charge on any atom is -0.473 e. The zero-order chi connectivity index (χ0) is 21.6. The van der Waals surface area contributed by atoms with Gasteiger partial charge in [-0.05, 0) is 44.8 Å². The Morgan fingerprint density at radius 3 is 2.21 bits per heavy atom. The lowest BCUT2D eigenvalue weighted by Crippen LogP contribution is -2.41. The predicted molar refractivity (Wildman–Crippen MR) is 112 cm³/mol. The van der Waals surface area contributed by atoms with E-state index in [0.29, 0.717) is 0 Å². The van der Waals surface area contributed by atoms with Gasteiger partial charge >= 0.3 is 11.9 Å². The van der Waals surface area contributed by atoms with E-state index in [1.54, 1.807) is 0 Å². The Kier molecular flexibility index (Phi) is 11.3. The first-order valence-corrected chi connectivity index (χ1v) is 10.0. The topological polar surface area (TPSA) is 107 Å². The molecule has 1 fully saturated rings. The first kappa shape index (κ1) is 24.4. The molecule has 1 saturated heterocycles. The van der Waals surface area contributed by atoms with Crippen molar-refractivity contribution >= 4 is 23.9 Å². The Labute approximate surface area is 172 Å². The summed E-state index contributed by atoms with van der Waals surface area (Å²) in [5, 5.41) is 17.9. The minimum atomic E-state index is -1.82. The second-order valence-electron chi connectivity index (χ2n) is 7.21. The van der Waals surface area contributed by atoms with Gasteiger partial charge in [0.05, 0.1) is 0 Å². The van der Waals surface area contributed by atoms with E-state index >= 15 is 0 Å². The van der Waals surface area contributed by atoms with Crippen LogP contribution in [0.15, 0.2) is 35.9 Å². The number of aliphatic carboxylic acids is 2. The summed E-state index contributed by atoms with van der Waals surface area (Å²) in [7, 11) is 0. The lowest BCUT2D eigenvalue weighted by molar-refractivity contribution is -0.159. The lowest BCUT2D eigenvalue weighted by atomic mass is 9.95. The van der Waals surface area contributed by atoms with Gasteiger partial charge in [0, 0.05) is 19.0 Å². The first-order chi connectivity index (χ1) is 13.8. The number of likely N-dealkylation sites (tertiary alicyclic amines) is 1. The van der Waals surface area contributed by atoms with E-state index in [0.717, 1.165) is 51.9 Å². The second kappa shape index (κ2) is 13.5. The average Bonchev–Trinajstić information content (AvgIpc) is 2.69. The van der Waals surface area contributed by atoms with Gasteiger partial charge < -0.3 is 15.5 Å². The molecule has 2 rings (SSSR count). The van der Waals surface area contributed by atoms with Crippen molar-refractivity contribution < 1.29 is 24.6 Å². The molecule has 0 aromatic heterocycles. The van der Waals surface area contributed by atoms with Crippen molar-refractivity contribution in [2.45, 2.75) is 39.5 Å². The highest BCUT2D eigenvalue weighted by Gasteiger charge is 2.24. The molecule has 0 saturated carbocycles. The lowest BCUT2D eigenvalue weighted by Gasteiger charge is -2.31. The minimum absolute atomic E-state index is 0.210. The first-order valence-electron chi connectivity index (χ1n) is 10.0. The number of piperidine rings is 1. The Bertz CT molecular complexity index is 668. The van der Waals surface area contributed by atoms with Crippen LogP contribution in [0.4, 0.5) is 0 Å². The molecule has 160 valence electrons. The van der Waals surface area contributed by atoms with Gasteiger partial charge in [-0.25, -0.2) is 9.59 Å². The summed E-state index contributed by atoms with van der Waals surface area (Å²) in [6.45, 7) is 8.21. The molecule has 0 atom stereocenters. The van der Waals surface area contributed by atoms with E-state index in [1.807, 2.05) is 6.07 Å². The van der Waals surface area contributed by atoms with Crippen LogP contribution in [0, 0.1) is 5.92 Å². The molecule has 0 radical (unpaired) electrons. The number of hydrogen-bond donors (Lipinski definition) is 3. The fourth-order valence-electron chi connectivity index (χ4n) is 3.12. The highest BCUT2D eigenvalue weighted by atomic mass is 16.4. The second-order valence-corrected chi connectivity index (χ2v) is 7.21. The zero-order valence-electron chi connectivity index (χ0n) is 17.3. The van der Waals surface area contributed by atoms with Crippen molar-refractivity contribution in [2.75, 3.05) is 26.2 Å². The largest absolute Gasteiger partial charge is 0.473 e. The smallest absolute Gasteiger partial charge is 0.414 e. The molecule has 0 spiro atoms. The molecule has 1 aromatic carbocycles. The van der Waals surface area contributed by atoms with Gasteiger partial charge in [0.1, 0.15) is 0 Å². The molecule has 7 nitrogen and oxygen atoms in total. The van der Waals surface area contributed by atoms with E-state index in [1.165, 1.54) is 11.1 Å². The number of rotatable bonds is 7.